The average Bonchev–Trinajstić information content (AvgIpc) is 2.84. The van der Waals surface area contributed by atoms with E-state index in [9.17, 15) is 20.2 Å². The molecule has 0 saturated carbocycles. The number of nitrogens with zero attached hydrogens (tertiary/aromatic N) is 2. The Labute approximate surface area is 203 Å². The Morgan fingerprint density at radius 1 is 0.529 bits per heavy atom. The van der Waals surface area contributed by atoms with Crippen LogP contribution in [0.15, 0.2) is 84.9 Å². The van der Waals surface area contributed by atoms with Crippen LogP contribution in [0.1, 0.15) is 0 Å². The van der Waals surface area contributed by atoms with Crippen molar-refractivity contribution >= 4 is 56.1 Å². The molecule has 0 spiro atoms. The molecule has 0 aliphatic heterocycles. The molecule has 0 radical (unpaired) electrons. The molecule has 0 amide bonds. The van der Waals surface area contributed by atoms with Gasteiger partial charge < -0.3 is 0 Å². The minimum absolute atomic E-state index is 0.112. The summed E-state index contributed by atoms with van der Waals surface area (Å²) in [7, 11) is 0. The Bertz CT molecular complexity index is 1510. The lowest BCUT2D eigenvalue weighted by atomic mass is 9.92. The number of halogens is 2. The molecule has 0 unspecified atom stereocenters. The van der Waals surface area contributed by atoms with Crippen molar-refractivity contribution in [2.75, 3.05) is 0 Å². The van der Waals surface area contributed by atoms with Crippen LogP contribution in [-0.4, -0.2) is 9.85 Å². The largest absolute Gasteiger partial charge is 0.279 e. The van der Waals surface area contributed by atoms with E-state index in [1.165, 1.54) is 12.1 Å². The van der Waals surface area contributed by atoms with E-state index in [1.807, 2.05) is 24.3 Å². The molecule has 0 N–H and O–H groups in total. The van der Waals surface area contributed by atoms with Crippen LogP contribution in [0, 0.1) is 20.2 Å². The minimum Gasteiger partial charge on any atom is -0.258 e. The molecular weight excluding hydrogens is 475 g/mol. The quantitative estimate of drug-likeness (QED) is 0.187. The molecule has 0 aliphatic carbocycles. The summed E-state index contributed by atoms with van der Waals surface area (Å²) in [6.07, 6.45) is 0. The van der Waals surface area contributed by atoms with E-state index < -0.39 is 9.85 Å². The van der Waals surface area contributed by atoms with Gasteiger partial charge in [-0.05, 0) is 21.9 Å². The van der Waals surface area contributed by atoms with Crippen molar-refractivity contribution in [3.05, 3.63) is 115 Å². The molecule has 34 heavy (non-hydrogen) atoms. The normalized spacial score (nSPS) is 11.1. The average molecular weight is 489 g/mol. The van der Waals surface area contributed by atoms with Crippen molar-refractivity contribution in [3.63, 3.8) is 0 Å². The van der Waals surface area contributed by atoms with Crippen LogP contribution in [0.3, 0.4) is 0 Å². The molecule has 6 nitrogen and oxygen atoms in total. The molecule has 5 aromatic carbocycles. The number of hydrogen-bond acceptors (Lipinski definition) is 4. The van der Waals surface area contributed by atoms with E-state index in [1.54, 1.807) is 48.5 Å². The molecule has 0 saturated heterocycles. The Morgan fingerprint density at radius 2 is 0.853 bits per heavy atom. The minimum atomic E-state index is -0.459. The van der Waals surface area contributed by atoms with Crippen LogP contribution in [0.2, 0.25) is 10.0 Å². The lowest BCUT2D eigenvalue weighted by Crippen LogP contribution is -1.95. The summed E-state index contributed by atoms with van der Waals surface area (Å²) in [4.78, 5) is 22.8. The monoisotopic (exact) mass is 488 g/mol. The van der Waals surface area contributed by atoms with Crippen LogP contribution >= 0.6 is 23.2 Å². The molecule has 0 aromatic heterocycles. The van der Waals surface area contributed by atoms with Gasteiger partial charge in [-0.1, -0.05) is 96.0 Å². The number of nitro benzene ring substituents is 2. The Hall–Kier alpha value is -4.00. The molecule has 5 rings (SSSR count). The second kappa shape index (κ2) is 8.41. The molecular formula is C26H14Cl2N2O4. The highest BCUT2D eigenvalue weighted by atomic mass is 35.5. The van der Waals surface area contributed by atoms with Crippen molar-refractivity contribution < 1.29 is 9.85 Å². The van der Waals surface area contributed by atoms with Gasteiger partial charge in [-0.15, -0.1) is 0 Å². The van der Waals surface area contributed by atoms with Crippen molar-refractivity contribution in [2.24, 2.45) is 0 Å². The number of rotatable bonds is 4. The smallest absolute Gasteiger partial charge is 0.258 e. The predicted molar refractivity (Wildman–Crippen MR) is 136 cm³/mol. The zero-order valence-corrected chi connectivity index (χ0v) is 18.9. The molecule has 0 atom stereocenters. The van der Waals surface area contributed by atoms with E-state index in [-0.39, 0.29) is 11.4 Å². The van der Waals surface area contributed by atoms with E-state index in [0.29, 0.717) is 53.8 Å². The number of fused-ring (bicyclic) bond motifs is 2. The zero-order valence-electron chi connectivity index (χ0n) is 17.4. The third-order valence-electron chi connectivity index (χ3n) is 5.80. The topological polar surface area (TPSA) is 86.3 Å². The maximum Gasteiger partial charge on any atom is 0.279 e. The third kappa shape index (κ3) is 3.53. The zero-order chi connectivity index (χ0) is 24.0. The van der Waals surface area contributed by atoms with Gasteiger partial charge in [0.15, 0.2) is 0 Å². The lowest BCUT2D eigenvalue weighted by molar-refractivity contribution is -0.384. The fourth-order valence-corrected chi connectivity index (χ4v) is 4.87. The summed E-state index contributed by atoms with van der Waals surface area (Å²) < 4.78 is 0. The van der Waals surface area contributed by atoms with Crippen molar-refractivity contribution in [2.45, 2.75) is 0 Å². The second-order valence-corrected chi connectivity index (χ2v) is 8.50. The summed E-state index contributed by atoms with van der Waals surface area (Å²) in [5.74, 6) is 0. The van der Waals surface area contributed by atoms with Crippen LogP contribution in [-0.2, 0) is 0 Å². The van der Waals surface area contributed by atoms with Gasteiger partial charge in [0.1, 0.15) is 0 Å². The highest BCUT2D eigenvalue weighted by molar-refractivity contribution is 6.37. The van der Waals surface area contributed by atoms with Gasteiger partial charge in [-0.2, -0.15) is 0 Å². The molecule has 0 bridgehead atoms. The fraction of sp³-hybridized carbons (Fsp3) is 0. The Morgan fingerprint density at radius 3 is 1.18 bits per heavy atom. The van der Waals surface area contributed by atoms with Gasteiger partial charge in [0, 0.05) is 22.9 Å². The number of benzene rings is 5. The first-order valence-corrected chi connectivity index (χ1v) is 10.9. The number of nitro groups is 2. The van der Waals surface area contributed by atoms with Crippen LogP contribution in [0.4, 0.5) is 11.4 Å². The molecule has 0 fully saturated rings. The van der Waals surface area contributed by atoms with Crippen LogP contribution < -0.4 is 0 Å². The first kappa shape index (κ1) is 21.8. The fourth-order valence-electron chi connectivity index (χ4n) is 4.33. The van der Waals surface area contributed by atoms with Gasteiger partial charge in [-0.25, -0.2) is 0 Å². The first-order valence-electron chi connectivity index (χ1n) is 10.2. The Kier molecular flexibility index (Phi) is 5.40. The summed E-state index contributed by atoms with van der Waals surface area (Å²) in [5, 5.41) is 27.0. The van der Waals surface area contributed by atoms with Crippen LogP contribution in [0.5, 0.6) is 0 Å². The molecule has 166 valence electrons. The van der Waals surface area contributed by atoms with Crippen molar-refractivity contribution in [1.29, 1.82) is 0 Å². The maximum atomic E-state index is 11.8. The summed E-state index contributed by atoms with van der Waals surface area (Å²) >= 11 is 12.6. The predicted octanol–water partition coefficient (Wildman–Crippen LogP) is 8.45. The van der Waals surface area contributed by atoms with Crippen LogP contribution in [0.25, 0.3) is 43.8 Å². The van der Waals surface area contributed by atoms with E-state index in [0.717, 1.165) is 0 Å². The molecule has 0 heterocycles. The van der Waals surface area contributed by atoms with Gasteiger partial charge >= 0.3 is 0 Å². The van der Waals surface area contributed by atoms with E-state index in [4.69, 9.17) is 23.2 Å². The van der Waals surface area contributed by atoms with E-state index >= 15 is 0 Å². The highest BCUT2D eigenvalue weighted by Crippen LogP contribution is 2.43. The van der Waals surface area contributed by atoms with Gasteiger partial charge in [0.2, 0.25) is 0 Å². The van der Waals surface area contributed by atoms with Gasteiger partial charge in [0.05, 0.1) is 31.0 Å². The molecule has 8 heteroatoms. The summed E-state index contributed by atoms with van der Waals surface area (Å²) in [6, 6.07) is 24.0. The van der Waals surface area contributed by atoms with Gasteiger partial charge in [0.25, 0.3) is 11.4 Å². The maximum absolute atomic E-state index is 11.8. The number of hydrogen-bond donors (Lipinski definition) is 0. The van der Waals surface area contributed by atoms with E-state index in [2.05, 4.69) is 0 Å². The van der Waals surface area contributed by atoms with Crippen molar-refractivity contribution in [1.82, 2.24) is 0 Å². The lowest BCUT2D eigenvalue weighted by Gasteiger charge is -2.12. The van der Waals surface area contributed by atoms with Crippen molar-refractivity contribution in [3.8, 4) is 22.3 Å². The standard InChI is InChI=1S/C26H14Cl2N2O4/c27-21-13-23(29(31)32)25(19-7-3-1-5-17(19)21)15-9-11-16(12-10-15)26-20-8-4-2-6-18(20)22(28)14-24(26)30(33)34/h1-14H. The summed E-state index contributed by atoms with van der Waals surface area (Å²) in [6.45, 7) is 0. The highest BCUT2D eigenvalue weighted by Gasteiger charge is 2.23. The first-order chi connectivity index (χ1) is 16.4. The SMILES string of the molecule is O=[N+]([O-])c1cc(Cl)c2ccccc2c1-c1ccc(-c2c([N+](=O)[O-])cc(Cl)c3ccccc23)cc1. The third-order valence-corrected chi connectivity index (χ3v) is 6.43. The summed E-state index contributed by atoms with van der Waals surface area (Å²) in [5.41, 5.74) is 1.85. The second-order valence-electron chi connectivity index (χ2n) is 7.69. The molecule has 0 aliphatic rings. The Balaban J connectivity index is 1.75. The van der Waals surface area contributed by atoms with Gasteiger partial charge in [-0.3, -0.25) is 20.2 Å². The molecule has 5 aromatic rings.